The Bertz CT molecular complexity index is 322. The highest BCUT2D eigenvalue weighted by atomic mass is 16.3. The van der Waals surface area contributed by atoms with Gasteiger partial charge in [-0.15, -0.1) is 0 Å². The van der Waals surface area contributed by atoms with Gasteiger partial charge in [0, 0.05) is 18.7 Å². The summed E-state index contributed by atoms with van der Waals surface area (Å²) in [6.45, 7) is 10.7. The molecule has 0 aliphatic carbocycles. The molecule has 3 heteroatoms. The van der Waals surface area contributed by atoms with Crippen LogP contribution in [0.1, 0.15) is 44.9 Å². The standard InChI is InChI=1S/C15H28N2O/c1-5-8-16-10-14-7-9-18-15(14)12-17(4)11-13(3)6-2/h7,9,13,16H,5-6,8,10-12H2,1-4H3. The Balaban J connectivity index is 2.43. The fraction of sp³-hybridized carbons (Fsp3) is 0.733. The Morgan fingerprint density at radius 2 is 2.17 bits per heavy atom. The van der Waals surface area contributed by atoms with Crippen LogP contribution in [0.3, 0.4) is 0 Å². The van der Waals surface area contributed by atoms with Gasteiger partial charge in [-0.25, -0.2) is 0 Å². The predicted octanol–water partition coefficient (Wildman–Crippen LogP) is 3.26. The molecule has 1 unspecified atom stereocenters. The average Bonchev–Trinajstić information content (AvgIpc) is 2.76. The first-order chi connectivity index (χ1) is 8.67. The Labute approximate surface area is 112 Å². The SMILES string of the molecule is CCCNCc1ccoc1CN(C)CC(C)CC. The van der Waals surface area contributed by atoms with E-state index >= 15 is 0 Å². The first kappa shape index (κ1) is 15.3. The lowest BCUT2D eigenvalue weighted by atomic mass is 10.1. The molecule has 18 heavy (non-hydrogen) atoms. The van der Waals surface area contributed by atoms with Gasteiger partial charge in [0.05, 0.1) is 12.8 Å². The molecule has 1 rings (SSSR count). The van der Waals surface area contributed by atoms with E-state index in [0.29, 0.717) is 0 Å². The molecule has 1 aromatic rings. The van der Waals surface area contributed by atoms with Crippen molar-refractivity contribution in [2.45, 2.75) is 46.7 Å². The lowest BCUT2D eigenvalue weighted by Gasteiger charge is -2.19. The maximum Gasteiger partial charge on any atom is 0.122 e. The van der Waals surface area contributed by atoms with Gasteiger partial charge in [-0.1, -0.05) is 27.2 Å². The highest BCUT2D eigenvalue weighted by molar-refractivity contribution is 5.16. The molecule has 0 aromatic carbocycles. The second-order valence-corrected chi connectivity index (χ2v) is 5.26. The molecule has 0 saturated heterocycles. The van der Waals surface area contributed by atoms with Crippen LogP contribution in [0, 0.1) is 5.92 Å². The zero-order chi connectivity index (χ0) is 13.4. The van der Waals surface area contributed by atoms with Crippen LogP contribution in [-0.2, 0) is 13.1 Å². The monoisotopic (exact) mass is 252 g/mol. The molecule has 3 nitrogen and oxygen atoms in total. The van der Waals surface area contributed by atoms with Crippen molar-refractivity contribution in [2.75, 3.05) is 20.1 Å². The summed E-state index contributed by atoms with van der Waals surface area (Å²) in [6, 6.07) is 2.08. The van der Waals surface area contributed by atoms with Crippen LogP contribution in [0.4, 0.5) is 0 Å². The molecular weight excluding hydrogens is 224 g/mol. The van der Waals surface area contributed by atoms with Gasteiger partial charge < -0.3 is 9.73 Å². The second-order valence-electron chi connectivity index (χ2n) is 5.26. The number of nitrogens with one attached hydrogen (secondary N) is 1. The first-order valence-corrected chi connectivity index (χ1v) is 7.11. The highest BCUT2D eigenvalue weighted by Gasteiger charge is 2.10. The molecule has 0 fully saturated rings. The molecule has 1 atom stereocenters. The van der Waals surface area contributed by atoms with Crippen molar-refractivity contribution in [1.82, 2.24) is 10.2 Å². The van der Waals surface area contributed by atoms with Gasteiger partial charge in [0.25, 0.3) is 0 Å². The fourth-order valence-corrected chi connectivity index (χ4v) is 2.03. The van der Waals surface area contributed by atoms with Crippen molar-refractivity contribution >= 4 is 0 Å². The third-order valence-corrected chi connectivity index (χ3v) is 3.31. The van der Waals surface area contributed by atoms with Gasteiger partial charge >= 0.3 is 0 Å². The molecule has 0 amide bonds. The van der Waals surface area contributed by atoms with Gasteiger partial charge in [-0.2, -0.15) is 0 Å². The van der Waals surface area contributed by atoms with Gasteiger partial charge in [0.1, 0.15) is 5.76 Å². The lowest BCUT2D eigenvalue weighted by molar-refractivity contribution is 0.253. The van der Waals surface area contributed by atoms with E-state index in [0.717, 1.165) is 37.9 Å². The Hall–Kier alpha value is -0.800. The summed E-state index contributed by atoms with van der Waals surface area (Å²) < 4.78 is 5.60. The van der Waals surface area contributed by atoms with Crippen LogP contribution in [0.25, 0.3) is 0 Å². The molecule has 0 aliphatic rings. The van der Waals surface area contributed by atoms with E-state index in [-0.39, 0.29) is 0 Å². The molecule has 0 saturated carbocycles. The van der Waals surface area contributed by atoms with Gasteiger partial charge in [0.15, 0.2) is 0 Å². The molecular formula is C15H28N2O. The molecule has 0 radical (unpaired) electrons. The van der Waals surface area contributed by atoms with Crippen LogP contribution in [0.15, 0.2) is 16.7 Å². The van der Waals surface area contributed by atoms with E-state index < -0.39 is 0 Å². The third-order valence-electron chi connectivity index (χ3n) is 3.31. The summed E-state index contributed by atoms with van der Waals surface area (Å²) in [4.78, 5) is 2.34. The maximum atomic E-state index is 5.60. The summed E-state index contributed by atoms with van der Waals surface area (Å²) in [7, 11) is 2.16. The molecule has 0 aliphatic heterocycles. The van der Waals surface area contributed by atoms with Crippen molar-refractivity contribution in [3.63, 3.8) is 0 Å². The zero-order valence-corrected chi connectivity index (χ0v) is 12.3. The number of hydrogen-bond donors (Lipinski definition) is 1. The van der Waals surface area contributed by atoms with Crippen LogP contribution in [-0.4, -0.2) is 25.0 Å². The Morgan fingerprint density at radius 1 is 1.39 bits per heavy atom. The topological polar surface area (TPSA) is 28.4 Å². The van der Waals surface area contributed by atoms with Gasteiger partial charge in [-0.05, 0) is 32.0 Å². The minimum absolute atomic E-state index is 0.742. The molecule has 0 bridgehead atoms. The minimum Gasteiger partial charge on any atom is -0.468 e. The lowest BCUT2D eigenvalue weighted by Crippen LogP contribution is -2.24. The highest BCUT2D eigenvalue weighted by Crippen LogP contribution is 2.14. The Kier molecular flexibility index (Phi) is 7.06. The summed E-state index contributed by atoms with van der Waals surface area (Å²) in [6.07, 6.45) is 4.20. The first-order valence-electron chi connectivity index (χ1n) is 7.11. The van der Waals surface area contributed by atoms with E-state index in [1.807, 2.05) is 0 Å². The van der Waals surface area contributed by atoms with Crippen LogP contribution >= 0.6 is 0 Å². The number of furan rings is 1. The maximum absolute atomic E-state index is 5.60. The van der Waals surface area contributed by atoms with E-state index in [9.17, 15) is 0 Å². The quantitative estimate of drug-likeness (QED) is 0.684. The van der Waals surface area contributed by atoms with Crippen molar-refractivity contribution in [2.24, 2.45) is 5.92 Å². The number of rotatable bonds is 9. The van der Waals surface area contributed by atoms with Gasteiger partial charge in [-0.3, -0.25) is 4.90 Å². The largest absolute Gasteiger partial charge is 0.468 e. The summed E-state index contributed by atoms with van der Waals surface area (Å²) in [5.74, 6) is 1.84. The van der Waals surface area contributed by atoms with Gasteiger partial charge in [0.2, 0.25) is 0 Å². The predicted molar refractivity (Wildman–Crippen MR) is 76.5 cm³/mol. The molecule has 1 N–H and O–H groups in total. The summed E-state index contributed by atoms with van der Waals surface area (Å²) in [5.41, 5.74) is 1.29. The van der Waals surface area contributed by atoms with Crippen LogP contribution in [0.2, 0.25) is 0 Å². The molecule has 104 valence electrons. The van der Waals surface area contributed by atoms with E-state index in [4.69, 9.17) is 4.42 Å². The van der Waals surface area contributed by atoms with E-state index in [1.54, 1.807) is 6.26 Å². The third kappa shape index (κ3) is 5.23. The van der Waals surface area contributed by atoms with E-state index in [1.165, 1.54) is 18.4 Å². The smallest absolute Gasteiger partial charge is 0.122 e. The van der Waals surface area contributed by atoms with Crippen LogP contribution in [0.5, 0.6) is 0 Å². The fourth-order valence-electron chi connectivity index (χ4n) is 2.03. The molecule has 0 spiro atoms. The molecule has 1 heterocycles. The van der Waals surface area contributed by atoms with Crippen molar-refractivity contribution in [3.8, 4) is 0 Å². The number of hydrogen-bond acceptors (Lipinski definition) is 3. The second kappa shape index (κ2) is 8.33. The number of nitrogens with zero attached hydrogens (tertiary/aromatic N) is 1. The summed E-state index contributed by atoms with van der Waals surface area (Å²) in [5, 5.41) is 3.42. The zero-order valence-electron chi connectivity index (χ0n) is 12.3. The Morgan fingerprint density at radius 3 is 2.83 bits per heavy atom. The normalized spacial score (nSPS) is 13.2. The van der Waals surface area contributed by atoms with Crippen LogP contribution < -0.4 is 5.32 Å². The summed E-state index contributed by atoms with van der Waals surface area (Å²) >= 11 is 0. The minimum atomic E-state index is 0.742. The van der Waals surface area contributed by atoms with Crippen molar-refractivity contribution in [1.29, 1.82) is 0 Å². The molecule has 1 aromatic heterocycles. The van der Waals surface area contributed by atoms with E-state index in [2.05, 4.69) is 44.1 Å². The average molecular weight is 252 g/mol. The van der Waals surface area contributed by atoms with Crippen molar-refractivity contribution in [3.05, 3.63) is 23.7 Å². The van der Waals surface area contributed by atoms with Crippen molar-refractivity contribution < 1.29 is 4.42 Å².